The second kappa shape index (κ2) is 8.77. The third-order valence-electron chi connectivity index (χ3n) is 5.83. The monoisotopic (exact) mass is 474 g/mol. The normalized spacial score (nSPS) is 11.1. The van der Waals surface area contributed by atoms with E-state index in [2.05, 4.69) is 40.8 Å². The van der Waals surface area contributed by atoms with Crippen LogP contribution in [-0.2, 0) is 0 Å². The predicted molar refractivity (Wildman–Crippen MR) is 142 cm³/mol. The lowest BCUT2D eigenvalue weighted by Gasteiger charge is -2.10. The summed E-state index contributed by atoms with van der Waals surface area (Å²) in [6, 6.07) is 26.3. The molecule has 0 saturated heterocycles. The van der Waals surface area contributed by atoms with Gasteiger partial charge in [0, 0.05) is 28.2 Å². The summed E-state index contributed by atoms with van der Waals surface area (Å²) in [4.78, 5) is 14.2. The van der Waals surface area contributed by atoms with Gasteiger partial charge in [-0.05, 0) is 61.9 Å². The van der Waals surface area contributed by atoms with Crippen LogP contribution in [0.2, 0.25) is 0 Å². The second-order valence-corrected chi connectivity index (χ2v) is 9.17. The van der Waals surface area contributed by atoms with Crippen molar-refractivity contribution in [2.75, 3.05) is 5.32 Å². The van der Waals surface area contributed by atoms with Crippen LogP contribution >= 0.6 is 11.3 Å². The SMILES string of the molecule is Cc1cc(Nc2cccc(-c3csc(-c4ccccn4)n3)c2)nc2c1c(C)nn2-c1ccccc1. The van der Waals surface area contributed by atoms with Crippen LogP contribution in [0.3, 0.4) is 0 Å². The van der Waals surface area contributed by atoms with Crippen LogP contribution in [0.1, 0.15) is 11.3 Å². The zero-order valence-electron chi connectivity index (χ0n) is 19.3. The fourth-order valence-corrected chi connectivity index (χ4v) is 5.04. The van der Waals surface area contributed by atoms with E-state index in [1.165, 1.54) is 0 Å². The van der Waals surface area contributed by atoms with E-state index in [-0.39, 0.29) is 0 Å². The van der Waals surface area contributed by atoms with Gasteiger partial charge in [0.15, 0.2) is 5.65 Å². The standard InChI is InChI=1S/C28H22N6S/c1-18-15-25(32-27-26(18)19(2)33-34(27)22-11-4-3-5-12-22)30-21-10-8-9-20(16-21)24-17-35-28(31-24)23-13-6-7-14-29-23/h3-17H,1-2H3,(H,30,32). The van der Waals surface area contributed by atoms with Crippen molar-refractivity contribution in [3.63, 3.8) is 0 Å². The van der Waals surface area contributed by atoms with Crippen LogP contribution in [0.4, 0.5) is 11.5 Å². The first-order chi connectivity index (χ1) is 17.2. The summed E-state index contributed by atoms with van der Waals surface area (Å²) in [5.41, 5.74) is 7.73. The molecule has 0 spiro atoms. The van der Waals surface area contributed by atoms with Gasteiger partial charge in [-0.25, -0.2) is 14.6 Å². The Hall–Kier alpha value is -4.36. The van der Waals surface area contributed by atoms with Crippen molar-refractivity contribution in [1.29, 1.82) is 0 Å². The van der Waals surface area contributed by atoms with Gasteiger partial charge in [0.05, 0.1) is 22.8 Å². The number of aryl methyl sites for hydroxylation is 2. The summed E-state index contributed by atoms with van der Waals surface area (Å²) in [5, 5.41) is 12.3. The number of rotatable bonds is 5. The number of nitrogens with zero attached hydrogens (tertiary/aromatic N) is 5. The number of hydrogen-bond acceptors (Lipinski definition) is 6. The number of benzene rings is 2. The molecule has 2 aromatic carbocycles. The van der Waals surface area contributed by atoms with Gasteiger partial charge in [-0.3, -0.25) is 4.98 Å². The van der Waals surface area contributed by atoms with Gasteiger partial charge in [0.1, 0.15) is 10.8 Å². The molecule has 1 N–H and O–H groups in total. The fraction of sp³-hybridized carbons (Fsp3) is 0.0714. The number of pyridine rings is 2. The van der Waals surface area contributed by atoms with E-state index >= 15 is 0 Å². The first-order valence-corrected chi connectivity index (χ1v) is 12.2. The molecule has 0 saturated carbocycles. The zero-order chi connectivity index (χ0) is 23.8. The van der Waals surface area contributed by atoms with Crippen LogP contribution in [-0.4, -0.2) is 24.7 Å². The smallest absolute Gasteiger partial charge is 0.165 e. The van der Waals surface area contributed by atoms with Gasteiger partial charge < -0.3 is 5.32 Å². The highest BCUT2D eigenvalue weighted by molar-refractivity contribution is 7.13. The van der Waals surface area contributed by atoms with Crippen molar-refractivity contribution in [2.45, 2.75) is 13.8 Å². The third kappa shape index (κ3) is 4.06. The van der Waals surface area contributed by atoms with E-state index in [4.69, 9.17) is 15.1 Å². The summed E-state index contributed by atoms with van der Waals surface area (Å²) in [6.07, 6.45) is 1.79. The molecule has 4 heterocycles. The Balaban J connectivity index is 1.34. The van der Waals surface area contributed by atoms with Crippen molar-refractivity contribution in [3.8, 4) is 27.6 Å². The molecule has 0 radical (unpaired) electrons. The summed E-state index contributed by atoms with van der Waals surface area (Å²) >= 11 is 1.60. The molecule has 35 heavy (non-hydrogen) atoms. The topological polar surface area (TPSA) is 68.5 Å². The number of hydrogen-bond donors (Lipinski definition) is 1. The van der Waals surface area contributed by atoms with E-state index in [1.807, 2.05) is 72.3 Å². The lowest BCUT2D eigenvalue weighted by molar-refractivity contribution is 0.878. The fourth-order valence-electron chi connectivity index (χ4n) is 4.23. The third-order valence-corrected chi connectivity index (χ3v) is 6.69. The van der Waals surface area contributed by atoms with Gasteiger partial charge in [-0.2, -0.15) is 5.10 Å². The number of para-hydroxylation sites is 1. The second-order valence-electron chi connectivity index (χ2n) is 8.31. The van der Waals surface area contributed by atoms with Gasteiger partial charge in [0.2, 0.25) is 0 Å². The molecule has 4 aromatic heterocycles. The van der Waals surface area contributed by atoms with Gasteiger partial charge >= 0.3 is 0 Å². The molecule has 6 aromatic rings. The maximum absolute atomic E-state index is 4.94. The van der Waals surface area contributed by atoms with E-state index in [0.717, 1.165) is 61.4 Å². The summed E-state index contributed by atoms with van der Waals surface area (Å²) in [6.45, 7) is 4.13. The Bertz CT molecular complexity index is 1640. The number of anilines is 2. The maximum Gasteiger partial charge on any atom is 0.165 e. The quantitative estimate of drug-likeness (QED) is 0.292. The molecule has 0 fully saturated rings. The average molecular weight is 475 g/mol. The molecule has 170 valence electrons. The van der Waals surface area contributed by atoms with Crippen molar-refractivity contribution in [2.24, 2.45) is 0 Å². The molecule has 0 aliphatic heterocycles. The predicted octanol–water partition coefficient (Wildman–Crippen LogP) is 6.97. The Morgan fingerprint density at radius 1 is 0.829 bits per heavy atom. The first-order valence-electron chi connectivity index (χ1n) is 11.3. The summed E-state index contributed by atoms with van der Waals surface area (Å²) < 4.78 is 1.91. The molecule has 0 bridgehead atoms. The van der Waals surface area contributed by atoms with E-state index in [9.17, 15) is 0 Å². The van der Waals surface area contributed by atoms with Crippen molar-refractivity contribution < 1.29 is 0 Å². The highest BCUT2D eigenvalue weighted by Gasteiger charge is 2.15. The Labute approximate surface area is 207 Å². The molecule has 6 nitrogen and oxygen atoms in total. The van der Waals surface area contributed by atoms with Gasteiger partial charge in [-0.15, -0.1) is 11.3 Å². The van der Waals surface area contributed by atoms with Gasteiger partial charge in [0.25, 0.3) is 0 Å². The molecule has 7 heteroatoms. The maximum atomic E-state index is 4.94. The van der Waals surface area contributed by atoms with Crippen LogP contribution in [0.25, 0.3) is 38.7 Å². The molecule has 0 aliphatic rings. The van der Waals surface area contributed by atoms with Crippen LogP contribution in [0, 0.1) is 13.8 Å². The largest absolute Gasteiger partial charge is 0.340 e. The Kier molecular flexibility index (Phi) is 5.31. The highest BCUT2D eigenvalue weighted by atomic mass is 32.1. The van der Waals surface area contributed by atoms with E-state index in [1.54, 1.807) is 17.5 Å². The van der Waals surface area contributed by atoms with Crippen molar-refractivity contribution >= 4 is 33.9 Å². The molecule has 0 atom stereocenters. The zero-order valence-corrected chi connectivity index (χ0v) is 20.1. The number of thiazole rings is 1. The Morgan fingerprint density at radius 3 is 2.51 bits per heavy atom. The van der Waals surface area contributed by atoms with Crippen molar-refractivity contribution in [3.05, 3.63) is 102 Å². The minimum Gasteiger partial charge on any atom is -0.340 e. The molecule has 0 amide bonds. The molecular formula is C28H22N6S. The van der Waals surface area contributed by atoms with Gasteiger partial charge in [-0.1, -0.05) is 36.4 Å². The molecule has 0 unspecified atom stereocenters. The lowest BCUT2D eigenvalue weighted by Crippen LogP contribution is -2.00. The van der Waals surface area contributed by atoms with E-state index < -0.39 is 0 Å². The minimum absolute atomic E-state index is 0.775. The number of fused-ring (bicyclic) bond motifs is 1. The van der Waals surface area contributed by atoms with E-state index in [0.29, 0.717) is 0 Å². The van der Waals surface area contributed by atoms with Crippen molar-refractivity contribution in [1.82, 2.24) is 24.7 Å². The van der Waals surface area contributed by atoms with Crippen LogP contribution in [0.15, 0.2) is 90.4 Å². The molecule has 0 aliphatic carbocycles. The molecule has 6 rings (SSSR count). The number of aromatic nitrogens is 5. The lowest BCUT2D eigenvalue weighted by atomic mass is 10.1. The molecular weight excluding hydrogens is 452 g/mol. The summed E-state index contributed by atoms with van der Waals surface area (Å²) in [5.74, 6) is 0.775. The first kappa shape index (κ1) is 21.2. The average Bonchev–Trinajstić information content (AvgIpc) is 3.51. The Morgan fingerprint density at radius 2 is 1.69 bits per heavy atom. The highest BCUT2D eigenvalue weighted by Crippen LogP contribution is 2.31. The van der Waals surface area contributed by atoms with Crippen LogP contribution in [0.5, 0.6) is 0 Å². The van der Waals surface area contributed by atoms with Crippen LogP contribution < -0.4 is 5.32 Å². The minimum atomic E-state index is 0.775. The summed E-state index contributed by atoms with van der Waals surface area (Å²) in [7, 11) is 0. The number of nitrogens with one attached hydrogen (secondary N) is 1.